The number of carbonyl (C=O) groups excluding carboxylic acids is 3. The Labute approximate surface area is 265 Å². The van der Waals surface area contributed by atoms with Crippen molar-refractivity contribution in [3.63, 3.8) is 0 Å². The van der Waals surface area contributed by atoms with Gasteiger partial charge < -0.3 is 24.4 Å². The van der Waals surface area contributed by atoms with Gasteiger partial charge in [-0.1, -0.05) is 61.5 Å². The molecule has 236 valence electrons. The van der Waals surface area contributed by atoms with Crippen LogP contribution < -0.4 is 9.80 Å². The molecule has 0 aliphatic carbocycles. The van der Waals surface area contributed by atoms with Crippen LogP contribution in [0.25, 0.3) is 0 Å². The summed E-state index contributed by atoms with van der Waals surface area (Å²) in [5, 5.41) is 9.77. The molecule has 10 heteroatoms. The minimum atomic E-state index is -3.03. The van der Waals surface area contributed by atoms with Crippen LogP contribution in [0.2, 0.25) is 18.6 Å². The first-order valence-electron chi connectivity index (χ1n) is 15.3. The zero-order chi connectivity index (χ0) is 32.4. The molecule has 3 aromatic rings. The summed E-state index contributed by atoms with van der Waals surface area (Å²) in [6.07, 6.45) is 1.57. The summed E-state index contributed by atoms with van der Waals surface area (Å²) >= 11 is 0. The Morgan fingerprint density at radius 2 is 1.73 bits per heavy atom. The van der Waals surface area contributed by atoms with Crippen LogP contribution in [-0.4, -0.2) is 67.1 Å². The molecule has 5 rings (SSSR count). The van der Waals surface area contributed by atoms with Gasteiger partial charge in [0.25, 0.3) is 5.91 Å². The van der Waals surface area contributed by atoms with E-state index < -0.39 is 31.5 Å². The van der Waals surface area contributed by atoms with Gasteiger partial charge in [0.15, 0.2) is 13.9 Å². The predicted molar refractivity (Wildman–Crippen MR) is 176 cm³/mol. The molecule has 0 aromatic heterocycles. The monoisotopic (exact) mass is 627 g/mol. The summed E-state index contributed by atoms with van der Waals surface area (Å²) in [4.78, 5) is 57.0. The third-order valence-corrected chi connectivity index (χ3v) is 11.5. The maximum absolute atomic E-state index is 14.5. The summed E-state index contributed by atoms with van der Waals surface area (Å²) in [6, 6.07) is 24.2. The van der Waals surface area contributed by atoms with Crippen molar-refractivity contribution in [3.05, 3.63) is 103 Å². The normalized spacial score (nSPS) is 22.4. The Bertz CT molecular complexity index is 1550. The lowest BCUT2D eigenvalue weighted by atomic mass is 9.82. The number of carbonyl (C=O) groups is 3. The van der Waals surface area contributed by atoms with E-state index in [1.54, 1.807) is 21.9 Å². The number of ether oxygens (including phenoxy) is 1. The van der Waals surface area contributed by atoms with Crippen LogP contribution in [0.4, 0.5) is 17.1 Å². The van der Waals surface area contributed by atoms with Crippen molar-refractivity contribution in [2.45, 2.75) is 50.2 Å². The lowest BCUT2D eigenvalue weighted by Crippen LogP contribution is -2.46. The van der Waals surface area contributed by atoms with Crippen molar-refractivity contribution in [3.8, 4) is 0 Å². The minimum Gasteiger partial charge on any atom is -0.432 e. The molecule has 0 saturated carbocycles. The van der Waals surface area contributed by atoms with E-state index in [0.717, 1.165) is 12.0 Å². The Hall–Kier alpha value is -4.09. The number of aliphatic hydroxyl groups is 1. The molecule has 0 radical (unpaired) electrons. The summed E-state index contributed by atoms with van der Waals surface area (Å²) in [7, 11) is -3.03. The van der Waals surface area contributed by atoms with Crippen LogP contribution in [0, 0.1) is 5.92 Å². The first-order valence-corrected chi connectivity index (χ1v) is 18.3. The van der Waals surface area contributed by atoms with Crippen molar-refractivity contribution in [1.29, 1.82) is 0 Å². The average molecular weight is 628 g/mol. The lowest BCUT2D eigenvalue weighted by Gasteiger charge is -2.33. The number of anilines is 3. The molecular weight excluding hydrogens is 586 g/mol. The largest absolute Gasteiger partial charge is 0.432 e. The second-order valence-corrected chi connectivity index (χ2v) is 16.3. The number of fused-ring (bicyclic) bond motifs is 2. The fraction of sp³-hybridized carbons (Fsp3) is 0.343. The fourth-order valence-corrected chi connectivity index (χ4v) is 9.66. The smallest absolute Gasteiger partial charge is 0.264 e. The molecule has 3 aromatic carbocycles. The zero-order valence-electron chi connectivity index (χ0n) is 26.0. The number of nitrogens with zero attached hydrogens (tertiary/aromatic N) is 3. The third kappa shape index (κ3) is 5.98. The second kappa shape index (κ2) is 13.1. The Morgan fingerprint density at radius 1 is 1.07 bits per heavy atom. The quantitative estimate of drug-likeness (QED) is 0.171. The molecule has 2 aliphatic heterocycles. The van der Waals surface area contributed by atoms with Gasteiger partial charge in [-0.3, -0.25) is 19.3 Å². The number of hydrogen-bond acceptors (Lipinski definition) is 6. The maximum atomic E-state index is 14.5. The van der Waals surface area contributed by atoms with Crippen molar-refractivity contribution in [2.24, 2.45) is 5.92 Å². The molecule has 1 spiro atoms. The average Bonchev–Trinajstić information content (AvgIpc) is 3.44. The van der Waals surface area contributed by atoms with Gasteiger partial charge in [0, 0.05) is 48.0 Å². The van der Waals surface area contributed by atoms with Crippen LogP contribution >= 0.6 is 0 Å². The van der Waals surface area contributed by atoms with Gasteiger partial charge in [-0.25, -0.2) is 0 Å². The molecule has 0 bridgehead atoms. The highest BCUT2D eigenvalue weighted by atomic mass is 28.4. The SMILES string of the molecule is C=CCN1C(=O)[C@]2(O[C@H](CC(=O)N(CCO)Cc3ccccc3)[C@@H]([Si](C)(C)O)[C@@H]2C)c2cc(N(C=O)c3ccccc3)ccc21. The fourth-order valence-electron chi connectivity index (χ4n) is 7.10. The van der Waals surface area contributed by atoms with Gasteiger partial charge in [0.1, 0.15) is 0 Å². The first kappa shape index (κ1) is 32.3. The predicted octanol–water partition coefficient (Wildman–Crippen LogP) is 4.72. The highest BCUT2D eigenvalue weighted by molar-refractivity contribution is 6.71. The molecule has 3 amide bonds. The number of amides is 3. The van der Waals surface area contributed by atoms with E-state index in [-0.39, 0.29) is 37.9 Å². The van der Waals surface area contributed by atoms with Crippen LogP contribution in [-0.2, 0) is 31.3 Å². The molecular formula is C35H41N3O6Si. The van der Waals surface area contributed by atoms with E-state index in [4.69, 9.17) is 4.74 Å². The van der Waals surface area contributed by atoms with Gasteiger partial charge in [0.05, 0.1) is 24.8 Å². The molecule has 1 fully saturated rings. The number of para-hydroxylation sites is 1. The van der Waals surface area contributed by atoms with Crippen molar-refractivity contribution >= 4 is 43.6 Å². The Balaban J connectivity index is 1.56. The van der Waals surface area contributed by atoms with Gasteiger partial charge in [-0.2, -0.15) is 0 Å². The number of hydrogen-bond donors (Lipinski definition) is 2. The summed E-state index contributed by atoms with van der Waals surface area (Å²) < 4.78 is 6.83. The van der Waals surface area contributed by atoms with Gasteiger partial charge in [-0.15, -0.1) is 6.58 Å². The Kier molecular flexibility index (Phi) is 9.40. The van der Waals surface area contributed by atoms with Crippen LogP contribution in [0.1, 0.15) is 24.5 Å². The van der Waals surface area contributed by atoms with Gasteiger partial charge in [-0.05, 0) is 49.0 Å². The molecule has 0 unspecified atom stereocenters. The molecule has 4 atom stereocenters. The lowest BCUT2D eigenvalue weighted by molar-refractivity contribution is -0.149. The Morgan fingerprint density at radius 3 is 2.33 bits per heavy atom. The number of benzene rings is 3. The summed E-state index contributed by atoms with van der Waals surface area (Å²) in [6.45, 7) is 9.89. The minimum absolute atomic E-state index is 0.0607. The standard InChI is InChI=1S/C35H41N3O6Si/c1-5-18-37-30-17-16-28(38(24-40)27-14-10-7-11-15-27)21-29(30)35(34(37)42)25(2)33(45(3,4)43)31(44-35)22-32(41)36(19-20-39)23-26-12-8-6-9-13-26/h5-17,21,24-25,31,33,39,43H,1,18-20,22-23H2,2-4H3/t25-,31+,33-,35+/m0/s1. The van der Waals surface area contributed by atoms with Gasteiger partial charge >= 0.3 is 0 Å². The molecule has 9 nitrogen and oxygen atoms in total. The molecule has 45 heavy (non-hydrogen) atoms. The topological polar surface area (TPSA) is 111 Å². The van der Waals surface area contributed by atoms with E-state index in [1.807, 2.05) is 92.8 Å². The number of rotatable bonds is 12. The molecule has 2 aliphatic rings. The van der Waals surface area contributed by atoms with Crippen LogP contribution in [0.3, 0.4) is 0 Å². The van der Waals surface area contributed by atoms with Gasteiger partial charge in [0.2, 0.25) is 12.3 Å². The summed E-state index contributed by atoms with van der Waals surface area (Å²) in [5.74, 6) is -1.00. The van der Waals surface area contributed by atoms with Crippen LogP contribution in [0.15, 0.2) is 91.5 Å². The van der Waals surface area contributed by atoms with Crippen LogP contribution in [0.5, 0.6) is 0 Å². The van der Waals surface area contributed by atoms with Crippen molar-refractivity contribution < 1.29 is 29.0 Å². The first-order chi connectivity index (χ1) is 21.6. The van der Waals surface area contributed by atoms with E-state index in [9.17, 15) is 24.3 Å². The zero-order valence-corrected chi connectivity index (χ0v) is 27.0. The molecule has 2 heterocycles. The van der Waals surface area contributed by atoms with E-state index in [2.05, 4.69) is 6.58 Å². The number of aliphatic hydroxyl groups excluding tert-OH is 1. The van der Waals surface area contributed by atoms with E-state index in [0.29, 0.717) is 29.2 Å². The van der Waals surface area contributed by atoms with Crippen molar-refractivity contribution in [2.75, 3.05) is 29.5 Å². The highest BCUT2D eigenvalue weighted by Crippen LogP contribution is 2.60. The molecule has 1 saturated heterocycles. The van der Waals surface area contributed by atoms with Crippen molar-refractivity contribution in [1.82, 2.24) is 4.90 Å². The molecule has 2 N–H and O–H groups in total. The summed E-state index contributed by atoms with van der Waals surface area (Å²) in [5.41, 5.74) is 1.45. The third-order valence-electron chi connectivity index (χ3n) is 9.01. The highest BCUT2D eigenvalue weighted by Gasteiger charge is 2.66. The maximum Gasteiger partial charge on any atom is 0.264 e. The second-order valence-electron chi connectivity index (χ2n) is 12.3. The van der Waals surface area contributed by atoms with E-state index >= 15 is 0 Å². The van der Waals surface area contributed by atoms with E-state index in [1.165, 1.54) is 4.90 Å².